The lowest BCUT2D eigenvalue weighted by molar-refractivity contribution is -0.0178. The van der Waals surface area contributed by atoms with Gasteiger partial charge in [0.2, 0.25) is 5.95 Å². The smallest absolute Gasteiger partial charge is 0.259 e. The molecule has 2 saturated heterocycles. The first-order chi connectivity index (χ1) is 18.2. The van der Waals surface area contributed by atoms with Crippen molar-refractivity contribution >= 4 is 38.9 Å². The summed E-state index contributed by atoms with van der Waals surface area (Å²) in [7, 11) is 1.75. The molecule has 6 rings (SSSR count). The minimum atomic E-state index is -0.527. The Morgan fingerprint density at radius 2 is 1.92 bits per heavy atom. The van der Waals surface area contributed by atoms with Gasteiger partial charge in [0, 0.05) is 49.5 Å². The van der Waals surface area contributed by atoms with Crippen LogP contribution < -0.4 is 15.8 Å². The quantitative estimate of drug-likeness (QED) is 0.377. The molecule has 4 aromatic heterocycles. The van der Waals surface area contributed by atoms with Gasteiger partial charge in [0.05, 0.1) is 28.3 Å². The molecule has 8 nitrogen and oxygen atoms in total. The molecule has 2 aliphatic rings. The fourth-order valence-corrected chi connectivity index (χ4v) is 7.18. The van der Waals surface area contributed by atoms with Crippen molar-refractivity contribution in [3.8, 4) is 10.6 Å². The summed E-state index contributed by atoms with van der Waals surface area (Å²) < 4.78 is 17.5. The average molecular weight is 534 g/mol. The van der Waals surface area contributed by atoms with Crippen LogP contribution in [0.5, 0.6) is 0 Å². The molecule has 1 N–H and O–H groups in total. The Labute approximate surface area is 225 Å². The topological polar surface area (TPSA) is 79.2 Å². The van der Waals surface area contributed by atoms with Crippen molar-refractivity contribution in [2.45, 2.75) is 33.6 Å². The monoisotopic (exact) mass is 533 g/mol. The minimum Gasteiger partial charge on any atom is -0.369 e. The molecule has 0 saturated carbocycles. The fourth-order valence-electron chi connectivity index (χ4n) is 5.73. The molecule has 6 heterocycles. The Morgan fingerprint density at radius 1 is 1.16 bits per heavy atom. The van der Waals surface area contributed by atoms with Gasteiger partial charge >= 0.3 is 0 Å². The summed E-state index contributed by atoms with van der Waals surface area (Å²) in [5, 5.41) is 3.74. The van der Waals surface area contributed by atoms with Crippen LogP contribution in [0, 0.1) is 18.2 Å². The Bertz CT molecular complexity index is 1580. The number of likely N-dealkylation sites (tertiary alicyclic amines) is 1. The predicted octanol–water partition coefficient (Wildman–Crippen LogP) is 4.91. The third kappa shape index (κ3) is 4.06. The molecule has 2 fully saturated rings. The SMILES string of the molecule is CCN1CC2(C1)CN(c1ccc(Nc3ncc(F)c(-c4sc5c(C(C)C)cn(C)c(=O)c5c4C)n3)nc1)C2. The summed E-state index contributed by atoms with van der Waals surface area (Å²) in [5.41, 5.74) is 3.44. The first-order valence-corrected chi connectivity index (χ1v) is 13.9. The molecule has 198 valence electrons. The van der Waals surface area contributed by atoms with Crippen LogP contribution in [0.25, 0.3) is 20.7 Å². The summed E-state index contributed by atoms with van der Waals surface area (Å²) in [6.07, 6.45) is 4.90. The molecule has 1 spiro atoms. The summed E-state index contributed by atoms with van der Waals surface area (Å²) >= 11 is 1.41. The molecular formula is C28H32FN7OS. The second kappa shape index (κ2) is 9.13. The molecule has 0 aliphatic carbocycles. The van der Waals surface area contributed by atoms with Crippen molar-refractivity contribution in [1.29, 1.82) is 0 Å². The Balaban J connectivity index is 1.25. The van der Waals surface area contributed by atoms with Crippen molar-refractivity contribution in [3.63, 3.8) is 0 Å². The van der Waals surface area contributed by atoms with Gasteiger partial charge in [-0.2, -0.15) is 0 Å². The van der Waals surface area contributed by atoms with Gasteiger partial charge in [-0.15, -0.1) is 11.3 Å². The Hall–Kier alpha value is -3.37. The lowest BCUT2D eigenvalue weighted by atomic mass is 9.72. The number of nitrogens with one attached hydrogen (secondary N) is 1. The van der Waals surface area contributed by atoms with Crippen LogP contribution >= 0.6 is 11.3 Å². The fraction of sp³-hybridized carbons (Fsp3) is 0.429. The van der Waals surface area contributed by atoms with Crippen LogP contribution in [-0.2, 0) is 7.05 Å². The van der Waals surface area contributed by atoms with Crippen molar-refractivity contribution in [3.05, 3.63) is 58.0 Å². The van der Waals surface area contributed by atoms with Gasteiger partial charge in [0.1, 0.15) is 11.5 Å². The van der Waals surface area contributed by atoms with E-state index < -0.39 is 5.82 Å². The maximum Gasteiger partial charge on any atom is 0.259 e. The van der Waals surface area contributed by atoms with E-state index in [2.05, 4.69) is 50.8 Å². The summed E-state index contributed by atoms with van der Waals surface area (Å²) in [5.74, 6) is 0.540. The van der Waals surface area contributed by atoms with Crippen molar-refractivity contribution < 1.29 is 4.39 Å². The van der Waals surface area contributed by atoms with E-state index in [1.54, 1.807) is 11.6 Å². The van der Waals surface area contributed by atoms with Gasteiger partial charge in [0.25, 0.3) is 5.56 Å². The molecule has 0 unspecified atom stereocenters. The van der Waals surface area contributed by atoms with Gasteiger partial charge in [-0.05, 0) is 42.6 Å². The number of aromatic nitrogens is 4. The number of rotatable bonds is 6. The Morgan fingerprint density at radius 3 is 2.58 bits per heavy atom. The summed E-state index contributed by atoms with van der Waals surface area (Å²) in [6.45, 7) is 13.9. The number of thiophene rings is 1. The number of halogens is 1. The highest BCUT2D eigenvalue weighted by Gasteiger charge is 2.51. The first kappa shape index (κ1) is 24.9. The second-order valence-corrected chi connectivity index (χ2v) is 12.0. The van der Waals surface area contributed by atoms with E-state index in [-0.39, 0.29) is 23.1 Å². The van der Waals surface area contributed by atoms with E-state index in [1.807, 2.05) is 31.5 Å². The number of hydrogen-bond acceptors (Lipinski definition) is 8. The molecule has 0 radical (unpaired) electrons. The van der Waals surface area contributed by atoms with Gasteiger partial charge in [-0.25, -0.2) is 19.3 Å². The van der Waals surface area contributed by atoms with Crippen LogP contribution in [0.3, 0.4) is 0 Å². The normalized spacial score (nSPS) is 16.8. The molecule has 0 bridgehead atoms. The van der Waals surface area contributed by atoms with Crippen LogP contribution in [0.1, 0.15) is 37.8 Å². The van der Waals surface area contributed by atoms with E-state index in [0.717, 1.165) is 41.1 Å². The third-order valence-corrected chi connectivity index (χ3v) is 9.18. The number of fused-ring (bicyclic) bond motifs is 1. The molecule has 0 amide bonds. The average Bonchev–Trinajstić information content (AvgIpc) is 3.19. The zero-order valence-corrected chi connectivity index (χ0v) is 23.2. The van der Waals surface area contributed by atoms with Gasteiger partial charge in [-0.3, -0.25) is 4.79 Å². The van der Waals surface area contributed by atoms with Gasteiger partial charge in [0.15, 0.2) is 5.82 Å². The maximum atomic E-state index is 15.0. The Kier molecular flexibility index (Phi) is 5.99. The number of nitrogens with zero attached hydrogens (tertiary/aromatic N) is 6. The van der Waals surface area contributed by atoms with Crippen LogP contribution in [0.4, 0.5) is 21.8 Å². The zero-order chi connectivity index (χ0) is 26.8. The van der Waals surface area contributed by atoms with Crippen molar-refractivity contribution in [2.75, 3.05) is 42.9 Å². The first-order valence-electron chi connectivity index (χ1n) is 13.0. The van der Waals surface area contributed by atoms with E-state index in [1.165, 1.54) is 30.6 Å². The molecule has 10 heteroatoms. The van der Waals surface area contributed by atoms with Crippen molar-refractivity contribution in [1.82, 2.24) is 24.4 Å². The molecule has 0 aromatic carbocycles. The minimum absolute atomic E-state index is 0.0883. The van der Waals surface area contributed by atoms with Gasteiger partial charge in [-0.1, -0.05) is 20.8 Å². The standard InChI is InChI=1S/C28H32FN7OS/c1-6-35-12-28(13-35)14-36(15-28)18-7-8-21(30-9-18)32-27-31-10-20(29)23(33-27)24-17(4)22-25(38-24)19(16(2)3)11-34(5)26(22)37/h7-11,16H,6,12-15H2,1-5H3,(H,30,31,32,33). The molecular weight excluding hydrogens is 501 g/mol. The highest BCUT2D eigenvalue weighted by Crippen LogP contribution is 2.42. The lowest BCUT2D eigenvalue weighted by Gasteiger charge is -2.61. The van der Waals surface area contributed by atoms with Crippen LogP contribution in [0.15, 0.2) is 35.5 Å². The number of pyridine rings is 2. The largest absolute Gasteiger partial charge is 0.369 e. The van der Waals surface area contributed by atoms with Crippen LogP contribution in [0.2, 0.25) is 0 Å². The van der Waals surface area contributed by atoms with Crippen molar-refractivity contribution in [2.24, 2.45) is 12.5 Å². The molecule has 2 aliphatic heterocycles. The van der Waals surface area contributed by atoms with E-state index in [4.69, 9.17) is 0 Å². The third-order valence-electron chi connectivity index (χ3n) is 7.83. The van der Waals surface area contributed by atoms with E-state index >= 15 is 4.39 Å². The predicted molar refractivity (Wildman–Crippen MR) is 151 cm³/mol. The number of hydrogen-bond donors (Lipinski definition) is 1. The highest BCUT2D eigenvalue weighted by molar-refractivity contribution is 7.22. The second-order valence-electron chi connectivity index (χ2n) is 11.0. The maximum absolute atomic E-state index is 15.0. The van der Waals surface area contributed by atoms with E-state index in [9.17, 15) is 4.79 Å². The highest BCUT2D eigenvalue weighted by atomic mass is 32.1. The lowest BCUT2D eigenvalue weighted by Crippen LogP contribution is -2.72. The van der Waals surface area contributed by atoms with Gasteiger partial charge < -0.3 is 19.7 Å². The molecule has 0 atom stereocenters. The van der Waals surface area contributed by atoms with Crippen LogP contribution in [-0.4, -0.2) is 57.1 Å². The summed E-state index contributed by atoms with van der Waals surface area (Å²) in [6, 6.07) is 3.94. The number of anilines is 3. The molecule has 38 heavy (non-hydrogen) atoms. The number of aryl methyl sites for hydroxylation is 2. The zero-order valence-electron chi connectivity index (χ0n) is 22.4. The van der Waals surface area contributed by atoms with E-state index in [0.29, 0.717) is 21.5 Å². The summed E-state index contributed by atoms with van der Waals surface area (Å²) in [4.78, 5) is 31.6. The molecule has 4 aromatic rings.